The van der Waals surface area contributed by atoms with E-state index in [9.17, 15) is 36.8 Å². The molecule has 2 aromatic carbocycles. The number of rotatable bonds is 6. The Balaban J connectivity index is 1.93. The van der Waals surface area contributed by atoms with Crippen LogP contribution in [-0.2, 0) is 17.5 Å². The van der Waals surface area contributed by atoms with Gasteiger partial charge in [0.1, 0.15) is 23.3 Å². The van der Waals surface area contributed by atoms with E-state index in [1.807, 2.05) is 13.8 Å². The molecule has 2 aromatic heterocycles. The molecule has 0 unspecified atom stereocenters. The van der Waals surface area contributed by atoms with Crippen molar-refractivity contribution in [2.75, 3.05) is 7.11 Å². The fourth-order valence-corrected chi connectivity index (χ4v) is 4.17. The van der Waals surface area contributed by atoms with Gasteiger partial charge in [-0.2, -0.15) is 18.4 Å². The molecule has 0 spiro atoms. The van der Waals surface area contributed by atoms with E-state index in [4.69, 9.17) is 9.15 Å². The Morgan fingerprint density at radius 1 is 1.07 bits per heavy atom. The molecule has 0 saturated heterocycles. The number of esters is 1. The molecule has 4 rings (SSSR count). The molecule has 0 saturated carbocycles. The Kier molecular flexibility index (Phi) is 7.64. The Labute approximate surface area is 224 Å². The predicted molar refractivity (Wildman–Crippen MR) is 134 cm³/mol. The van der Waals surface area contributed by atoms with Crippen LogP contribution in [0.4, 0.5) is 22.0 Å². The van der Waals surface area contributed by atoms with E-state index in [-0.39, 0.29) is 28.5 Å². The van der Waals surface area contributed by atoms with Crippen LogP contribution in [0.15, 0.2) is 64.0 Å². The molecule has 0 N–H and O–H groups in total. The molecule has 6 nitrogen and oxygen atoms in total. The van der Waals surface area contributed by atoms with Gasteiger partial charge in [-0.25, -0.2) is 13.6 Å². The number of alkyl halides is 3. The Hall–Kier alpha value is -4.72. The first-order chi connectivity index (χ1) is 18.8. The molecule has 4 aromatic rings. The SMILES string of the molecule is COC(=O)c1cc(-c2coc(-c3cc(C(F)(F)F)c(C#N)c(=O)n3Cc3ccc(F)cc3F)c2)cc(C(C)C)c1. The second-order valence-corrected chi connectivity index (χ2v) is 9.24. The normalized spacial score (nSPS) is 11.5. The standard InChI is InChI=1S/C29H21F5N2O4/c1-15(2)17-6-18(8-19(7-17)28(38)39-3)20-9-26(40-14-20)25-11-23(29(32,33)34)22(12-35)27(37)36(25)13-16-4-5-21(30)10-24(16)31/h4-11,14-15H,13H2,1-3H3. The highest BCUT2D eigenvalue weighted by molar-refractivity contribution is 5.91. The second-order valence-electron chi connectivity index (χ2n) is 9.24. The number of nitriles is 1. The molecule has 0 bridgehead atoms. The highest BCUT2D eigenvalue weighted by atomic mass is 19.4. The average Bonchev–Trinajstić information content (AvgIpc) is 3.39. The number of hydrogen-bond acceptors (Lipinski definition) is 5. The third-order valence-electron chi connectivity index (χ3n) is 6.29. The van der Waals surface area contributed by atoms with Gasteiger partial charge in [0, 0.05) is 17.2 Å². The number of benzene rings is 2. The molecule has 0 atom stereocenters. The number of hydrogen-bond donors (Lipinski definition) is 0. The van der Waals surface area contributed by atoms with Crippen LogP contribution in [0, 0.1) is 23.0 Å². The lowest BCUT2D eigenvalue weighted by molar-refractivity contribution is -0.137. The van der Waals surface area contributed by atoms with Gasteiger partial charge >= 0.3 is 12.1 Å². The average molecular weight is 556 g/mol. The van der Waals surface area contributed by atoms with Crippen LogP contribution in [-0.4, -0.2) is 17.6 Å². The molecule has 206 valence electrons. The number of nitrogens with zero attached hydrogens (tertiary/aromatic N) is 2. The van der Waals surface area contributed by atoms with E-state index < -0.39 is 47.0 Å². The van der Waals surface area contributed by atoms with E-state index in [0.717, 1.165) is 22.3 Å². The molecule has 0 radical (unpaired) electrons. The Morgan fingerprint density at radius 3 is 2.40 bits per heavy atom. The van der Waals surface area contributed by atoms with Gasteiger partial charge in [-0.05, 0) is 47.4 Å². The zero-order valence-electron chi connectivity index (χ0n) is 21.4. The first-order valence-corrected chi connectivity index (χ1v) is 11.9. The monoisotopic (exact) mass is 556 g/mol. The van der Waals surface area contributed by atoms with Crippen molar-refractivity contribution in [1.29, 1.82) is 5.26 Å². The van der Waals surface area contributed by atoms with Gasteiger partial charge < -0.3 is 9.15 Å². The summed E-state index contributed by atoms with van der Waals surface area (Å²) in [5, 5.41) is 9.37. The minimum absolute atomic E-state index is 0.0124. The zero-order chi connectivity index (χ0) is 29.4. The number of aromatic nitrogens is 1. The molecule has 0 aliphatic rings. The summed E-state index contributed by atoms with van der Waals surface area (Å²) in [6.45, 7) is 3.20. The molecule has 0 fully saturated rings. The summed E-state index contributed by atoms with van der Waals surface area (Å²) in [7, 11) is 1.23. The van der Waals surface area contributed by atoms with Gasteiger partial charge in [-0.3, -0.25) is 9.36 Å². The lowest BCUT2D eigenvalue weighted by Gasteiger charge is -2.16. The van der Waals surface area contributed by atoms with E-state index in [0.29, 0.717) is 23.3 Å². The first-order valence-electron chi connectivity index (χ1n) is 11.9. The summed E-state index contributed by atoms with van der Waals surface area (Å²) in [5.74, 6) is -2.69. The van der Waals surface area contributed by atoms with Crippen molar-refractivity contribution >= 4 is 5.97 Å². The fraction of sp³-hybridized carbons (Fsp3) is 0.207. The topological polar surface area (TPSA) is 85.2 Å². The van der Waals surface area contributed by atoms with Crippen molar-refractivity contribution < 1.29 is 35.9 Å². The van der Waals surface area contributed by atoms with Crippen molar-refractivity contribution in [3.63, 3.8) is 0 Å². The van der Waals surface area contributed by atoms with Crippen molar-refractivity contribution in [1.82, 2.24) is 4.57 Å². The summed E-state index contributed by atoms with van der Waals surface area (Å²) in [5.41, 5.74) is -2.71. The number of furan rings is 1. The maximum absolute atomic E-state index is 14.5. The van der Waals surface area contributed by atoms with E-state index in [2.05, 4.69) is 0 Å². The van der Waals surface area contributed by atoms with Crippen LogP contribution in [0.3, 0.4) is 0 Å². The van der Waals surface area contributed by atoms with E-state index >= 15 is 0 Å². The lowest BCUT2D eigenvalue weighted by atomic mass is 9.95. The molecule has 0 aliphatic carbocycles. The second kappa shape index (κ2) is 10.8. The molecular formula is C29H21F5N2O4. The van der Waals surface area contributed by atoms with Crippen LogP contribution in [0.25, 0.3) is 22.6 Å². The smallest absolute Gasteiger partial charge is 0.417 e. The summed E-state index contributed by atoms with van der Waals surface area (Å²) >= 11 is 0. The van der Waals surface area contributed by atoms with Crippen LogP contribution < -0.4 is 5.56 Å². The molecule has 40 heavy (non-hydrogen) atoms. The van der Waals surface area contributed by atoms with Crippen LogP contribution >= 0.6 is 0 Å². The van der Waals surface area contributed by atoms with Gasteiger partial charge in [0.25, 0.3) is 5.56 Å². The third-order valence-corrected chi connectivity index (χ3v) is 6.29. The van der Waals surface area contributed by atoms with Crippen molar-refractivity contribution in [3.05, 3.63) is 105 Å². The van der Waals surface area contributed by atoms with Crippen LogP contribution in [0.5, 0.6) is 0 Å². The minimum Gasteiger partial charge on any atom is -0.465 e. The lowest BCUT2D eigenvalue weighted by Crippen LogP contribution is -2.29. The summed E-state index contributed by atoms with van der Waals surface area (Å²) in [4.78, 5) is 25.4. The minimum atomic E-state index is -5.06. The summed E-state index contributed by atoms with van der Waals surface area (Å²) in [6, 6.07) is 10.7. The van der Waals surface area contributed by atoms with Crippen LogP contribution in [0.2, 0.25) is 0 Å². The predicted octanol–water partition coefficient (Wildman–Crippen LogP) is 6.90. The van der Waals surface area contributed by atoms with E-state index in [1.165, 1.54) is 31.6 Å². The molecule has 0 aliphatic heterocycles. The Morgan fingerprint density at radius 2 is 1.80 bits per heavy atom. The molecule has 11 heteroatoms. The summed E-state index contributed by atoms with van der Waals surface area (Å²) < 4.78 is 80.6. The molecular weight excluding hydrogens is 535 g/mol. The molecule has 0 amide bonds. The first kappa shape index (κ1) is 28.3. The van der Waals surface area contributed by atoms with Gasteiger partial charge in [-0.15, -0.1) is 0 Å². The zero-order valence-corrected chi connectivity index (χ0v) is 21.4. The number of methoxy groups -OCH3 is 1. The van der Waals surface area contributed by atoms with Gasteiger partial charge in [-0.1, -0.05) is 26.0 Å². The molecule has 2 heterocycles. The number of halogens is 5. The number of carbonyl (C=O) groups is 1. The maximum Gasteiger partial charge on any atom is 0.417 e. The van der Waals surface area contributed by atoms with Crippen molar-refractivity contribution in [3.8, 4) is 28.7 Å². The van der Waals surface area contributed by atoms with Gasteiger partial charge in [0.15, 0.2) is 5.76 Å². The quantitative estimate of drug-likeness (QED) is 0.191. The summed E-state index contributed by atoms with van der Waals surface area (Å²) in [6.07, 6.45) is -3.83. The van der Waals surface area contributed by atoms with Gasteiger partial charge in [0.2, 0.25) is 0 Å². The number of carbonyl (C=O) groups excluding carboxylic acids is 1. The van der Waals surface area contributed by atoms with Crippen LogP contribution in [0.1, 0.15) is 52.4 Å². The van der Waals surface area contributed by atoms with Crippen molar-refractivity contribution in [2.24, 2.45) is 0 Å². The fourth-order valence-electron chi connectivity index (χ4n) is 4.17. The Bertz CT molecular complexity index is 1710. The van der Waals surface area contributed by atoms with Gasteiger partial charge in [0.05, 0.1) is 36.7 Å². The van der Waals surface area contributed by atoms with Crippen molar-refractivity contribution in [2.45, 2.75) is 32.5 Å². The highest BCUT2D eigenvalue weighted by Crippen LogP contribution is 2.36. The third kappa shape index (κ3) is 5.52. The van der Waals surface area contributed by atoms with E-state index in [1.54, 1.807) is 12.1 Å². The maximum atomic E-state index is 14.5. The number of pyridine rings is 1. The highest BCUT2D eigenvalue weighted by Gasteiger charge is 2.37. The number of ether oxygens (including phenoxy) is 1. The largest absolute Gasteiger partial charge is 0.465 e.